The Morgan fingerprint density at radius 1 is 1.07 bits per heavy atom. The molecule has 4 rings (SSSR count). The van der Waals surface area contributed by atoms with Gasteiger partial charge in [-0.25, -0.2) is 0 Å². The van der Waals surface area contributed by atoms with Crippen LogP contribution in [-0.4, -0.2) is 61.3 Å². The van der Waals surface area contributed by atoms with Gasteiger partial charge in [0.1, 0.15) is 17.2 Å². The van der Waals surface area contributed by atoms with Gasteiger partial charge in [0.25, 0.3) is 0 Å². The van der Waals surface area contributed by atoms with E-state index in [1.807, 2.05) is 47.4 Å². The lowest BCUT2D eigenvalue weighted by molar-refractivity contribution is -0.132. The van der Waals surface area contributed by atoms with E-state index in [-0.39, 0.29) is 12.3 Å². The second-order valence-corrected chi connectivity index (χ2v) is 7.14. The van der Waals surface area contributed by atoms with Gasteiger partial charge in [0.05, 0.1) is 20.6 Å². The molecule has 7 nitrogen and oxygen atoms in total. The number of para-hydroxylation sites is 1. The van der Waals surface area contributed by atoms with Crippen molar-refractivity contribution in [1.29, 1.82) is 0 Å². The molecule has 0 bridgehead atoms. The summed E-state index contributed by atoms with van der Waals surface area (Å²) in [6.45, 7) is 3.77. The van der Waals surface area contributed by atoms with Crippen molar-refractivity contribution in [3.05, 3.63) is 53.7 Å². The van der Waals surface area contributed by atoms with E-state index in [4.69, 9.17) is 14.0 Å². The fraction of sp³-hybridized carbons (Fsp3) is 0.364. The van der Waals surface area contributed by atoms with E-state index in [1.54, 1.807) is 14.2 Å². The zero-order valence-corrected chi connectivity index (χ0v) is 16.8. The standard InChI is InChI=1S/C22H25N3O4/c1-27-17-7-8-20(28-2)16(13-17)15-24-9-11-25(12-10-24)22(26)14-19-18-5-3-4-6-21(18)29-23-19/h3-8,13H,9-12,14-15H2,1-2H3. The zero-order chi connectivity index (χ0) is 20.2. The van der Waals surface area contributed by atoms with Gasteiger partial charge in [-0.1, -0.05) is 17.3 Å². The van der Waals surface area contributed by atoms with Gasteiger partial charge in [0.15, 0.2) is 5.58 Å². The molecule has 7 heteroatoms. The first-order valence-corrected chi connectivity index (χ1v) is 9.72. The average molecular weight is 395 g/mol. The Morgan fingerprint density at radius 2 is 1.86 bits per heavy atom. The molecular weight excluding hydrogens is 370 g/mol. The summed E-state index contributed by atoms with van der Waals surface area (Å²) < 4.78 is 16.1. The molecule has 1 amide bonds. The molecule has 29 heavy (non-hydrogen) atoms. The second kappa shape index (κ2) is 8.53. The number of ether oxygens (including phenoxy) is 2. The van der Waals surface area contributed by atoms with Crippen LogP contribution in [0.15, 0.2) is 47.0 Å². The maximum atomic E-state index is 12.7. The maximum absolute atomic E-state index is 12.7. The third-order valence-electron chi connectivity index (χ3n) is 5.38. The van der Waals surface area contributed by atoms with Gasteiger partial charge >= 0.3 is 0 Å². The fourth-order valence-corrected chi connectivity index (χ4v) is 3.72. The number of rotatable bonds is 6. The molecule has 1 aliphatic rings. The van der Waals surface area contributed by atoms with Crippen molar-refractivity contribution in [2.75, 3.05) is 40.4 Å². The van der Waals surface area contributed by atoms with E-state index in [0.29, 0.717) is 24.4 Å². The molecule has 0 aliphatic carbocycles. The molecule has 0 atom stereocenters. The van der Waals surface area contributed by atoms with Crippen LogP contribution in [-0.2, 0) is 17.8 Å². The number of methoxy groups -OCH3 is 2. The van der Waals surface area contributed by atoms with Crippen LogP contribution in [0.25, 0.3) is 11.0 Å². The molecule has 1 fully saturated rings. The molecule has 0 unspecified atom stereocenters. The Kier molecular flexibility index (Phi) is 5.67. The zero-order valence-electron chi connectivity index (χ0n) is 16.8. The first-order chi connectivity index (χ1) is 14.2. The molecule has 0 saturated carbocycles. The molecule has 0 N–H and O–H groups in total. The van der Waals surface area contributed by atoms with Gasteiger partial charge in [0, 0.05) is 43.7 Å². The van der Waals surface area contributed by atoms with Crippen LogP contribution in [0.5, 0.6) is 11.5 Å². The highest BCUT2D eigenvalue weighted by Crippen LogP contribution is 2.26. The lowest BCUT2D eigenvalue weighted by Crippen LogP contribution is -2.48. The van der Waals surface area contributed by atoms with Crippen molar-refractivity contribution in [2.24, 2.45) is 0 Å². The predicted molar refractivity (Wildman–Crippen MR) is 109 cm³/mol. The smallest absolute Gasteiger partial charge is 0.228 e. The SMILES string of the molecule is COc1ccc(OC)c(CN2CCN(C(=O)Cc3noc4ccccc34)CC2)c1. The number of carbonyl (C=O) groups excluding carboxylic acids is 1. The highest BCUT2D eigenvalue weighted by Gasteiger charge is 2.23. The number of fused-ring (bicyclic) bond motifs is 1. The Hall–Kier alpha value is -3.06. The largest absolute Gasteiger partial charge is 0.497 e. The molecule has 0 spiro atoms. The summed E-state index contributed by atoms with van der Waals surface area (Å²) in [7, 11) is 3.34. The topological polar surface area (TPSA) is 68.0 Å². The van der Waals surface area contributed by atoms with Gasteiger partial charge in [0.2, 0.25) is 5.91 Å². The lowest BCUT2D eigenvalue weighted by atomic mass is 10.1. The molecule has 152 valence electrons. The minimum atomic E-state index is 0.0858. The summed E-state index contributed by atoms with van der Waals surface area (Å²) in [6.07, 6.45) is 0.265. The van der Waals surface area contributed by atoms with Crippen LogP contribution >= 0.6 is 0 Å². The van der Waals surface area contributed by atoms with E-state index in [1.165, 1.54) is 0 Å². The van der Waals surface area contributed by atoms with E-state index in [0.717, 1.165) is 42.1 Å². The van der Waals surface area contributed by atoms with Crippen molar-refractivity contribution in [3.8, 4) is 11.5 Å². The Morgan fingerprint density at radius 3 is 2.62 bits per heavy atom. The number of nitrogens with zero attached hydrogens (tertiary/aromatic N) is 3. The predicted octanol–water partition coefficient (Wildman–Crippen LogP) is 2.73. The minimum absolute atomic E-state index is 0.0858. The van der Waals surface area contributed by atoms with Gasteiger partial charge in [-0.05, 0) is 30.3 Å². The summed E-state index contributed by atoms with van der Waals surface area (Å²) in [6, 6.07) is 13.5. The van der Waals surface area contributed by atoms with E-state index in [2.05, 4.69) is 10.1 Å². The van der Waals surface area contributed by atoms with Crippen molar-refractivity contribution in [1.82, 2.24) is 15.0 Å². The van der Waals surface area contributed by atoms with Crippen LogP contribution in [0.4, 0.5) is 0 Å². The molecule has 1 saturated heterocycles. The minimum Gasteiger partial charge on any atom is -0.497 e. The van der Waals surface area contributed by atoms with Crippen LogP contribution < -0.4 is 9.47 Å². The molecule has 3 aromatic rings. The number of hydrogen-bond donors (Lipinski definition) is 0. The Balaban J connectivity index is 1.35. The first-order valence-electron chi connectivity index (χ1n) is 9.72. The summed E-state index contributed by atoms with van der Waals surface area (Å²) in [4.78, 5) is 17.0. The molecule has 1 aliphatic heterocycles. The summed E-state index contributed by atoms with van der Waals surface area (Å²) in [5.41, 5.74) is 2.50. The maximum Gasteiger partial charge on any atom is 0.228 e. The van der Waals surface area contributed by atoms with Gasteiger partial charge in [-0.3, -0.25) is 9.69 Å². The normalized spacial score (nSPS) is 14.9. The number of carbonyl (C=O) groups is 1. The Bertz CT molecular complexity index is 993. The van der Waals surface area contributed by atoms with Gasteiger partial charge < -0.3 is 18.9 Å². The number of hydrogen-bond acceptors (Lipinski definition) is 6. The van der Waals surface area contributed by atoms with Crippen LogP contribution in [0.3, 0.4) is 0 Å². The van der Waals surface area contributed by atoms with Crippen LogP contribution in [0.2, 0.25) is 0 Å². The highest BCUT2D eigenvalue weighted by atomic mass is 16.5. The fourth-order valence-electron chi connectivity index (χ4n) is 3.72. The second-order valence-electron chi connectivity index (χ2n) is 7.14. The molecule has 2 aromatic carbocycles. The van der Waals surface area contributed by atoms with E-state index >= 15 is 0 Å². The lowest BCUT2D eigenvalue weighted by Gasteiger charge is -2.35. The number of amides is 1. The van der Waals surface area contributed by atoms with Crippen molar-refractivity contribution in [3.63, 3.8) is 0 Å². The van der Waals surface area contributed by atoms with Crippen molar-refractivity contribution < 1.29 is 18.8 Å². The third-order valence-corrected chi connectivity index (χ3v) is 5.38. The molecule has 2 heterocycles. The van der Waals surface area contributed by atoms with Gasteiger partial charge in [-0.2, -0.15) is 0 Å². The first kappa shape index (κ1) is 19.3. The summed E-state index contributed by atoms with van der Waals surface area (Å²) in [5.74, 6) is 1.75. The number of aromatic nitrogens is 1. The number of benzene rings is 2. The molecule has 1 aromatic heterocycles. The van der Waals surface area contributed by atoms with Crippen LogP contribution in [0.1, 0.15) is 11.3 Å². The molecular formula is C22H25N3O4. The average Bonchev–Trinajstić information content (AvgIpc) is 3.17. The van der Waals surface area contributed by atoms with E-state index in [9.17, 15) is 4.79 Å². The third kappa shape index (κ3) is 4.19. The highest BCUT2D eigenvalue weighted by molar-refractivity contribution is 5.86. The van der Waals surface area contributed by atoms with E-state index < -0.39 is 0 Å². The molecule has 0 radical (unpaired) electrons. The van der Waals surface area contributed by atoms with Gasteiger partial charge in [-0.15, -0.1) is 0 Å². The van der Waals surface area contributed by atoms with Crippen molar-refractivity contribution >= 4 is 16.9 Å². The summed E-state index contributed by atoms with van der Waals surface area (Å²) in [5, 5.41) is 4.98. The quantitative estimate of drug-likeness (QED) is 0.639. The van der Waals surface area contributed by atoms with Crippen LogP contribution in [0, 0.1) is 0 Å². The monoisotopic (exact) mass is 395 g/mol. The van der Waals surface area contributed by atoms with Crippen molar-refractivity contribution in [2.45, 2.75) is 13.0 Å². The summed E-state index contributed by atoms with van der Waals surface area (Å²) >= 11 is 0. The Labute approximate surface area is 169 Å². The number of piperazine rings is 1.